The van der Waals surface area contributed by atoms with E-state index in [1.54, 1.807) is 7.11 Å². The van der Waals surface area contributed by atoms with E-state index in [9.17, 15) is 4.79 Å². The molecule has 8 heteroatoms. The molecule has 0 atom stereocenters. The van der Waals surface area contributed by atoms with Gasteiger partial charge in [0.15, 0.2) is 0 Å². The molecule has 2 amide bonds. The standard InChI is InChI=1S/C21H28N6O2/c1-29-18-8-4-3-7-17(18)23-21(28)27-15-13-25(14-16-27)19-9-10-22-20(24-19)26-11-5-2-6-12-26/h3-4,7-10H,2,5-6,11-16H2,1H3,(H,23,28). The van der Waals surface area contributed by atoms with Crippen LogP contribution >= 0.6 is 0 Å². The van der Waals surface area contributed by atoms with Crippen LogP contribution in [0.4, 0.5) is 22.2 Å². The maximum absolute atomic E-state index is 12.6. The van der Waals surface area contributed by atoms with Crippen LogP contribution < -0.4 is 19.9 Å². The smallest absolute Gasteiger partial charge is 0.322 e. The summed E-state index contributed by atoms with van der Waals surface area (Å²) in [5, 5.41) is 2.95. The molecule has 2 aliphatic rings. The van der Waals surface area contributed by atoms with E-state index in [0.717, 1.165) is 37.9 Å². The first kappa shape index (κ1) is 19.3. The number of carbonyl (C=O) groups is 1. The zero-order chi connectivity index (χ0) is 20.1. The summed E-state index contributed by atoms with van der Waals surface area (Å²) in [6.45, 7) is 4.83. The lowest BCUT2D eigenvalue weighted by Crippen LogP contribution is -2.50. The fraction of sp³-hybridized carbons (Fsp3) is 0.476. The number of methoxy groups -OCH3 is 1. The first-order chi connectivity index (χ1) is 14.2. The number of amides is 2. The fourth-order valence-electron chi connectivity index (χ4n) is 3.84. The van der Waals surface area contributed by atoms with Crippen molar-refractivity contribution in [3.05, 3.63) is 36.5 Å². The quantitative estimate of drug-likeness (QED) is 0.857. The maximum Gasteiger partial charge on any atom is 0.322 e. The minimum Gasteiger partial charge on any atom is -0.495 e. The third kappa shape index (κ3) is 4.52. The van der Waals surface area contributed by atoms with Gasteiger partial charge in [0.25, 0.3) is 0 Å². The molecule has 1 N–H and O–H groups in total. The summed E-state index contributed by atoms with van der Waals surface area (Å²) in [5.41, 5.74) is 0.685. The molecular formula is C21H28N6O2. The van der Waals surface area contributed by atoms with Gasteiger partial charge in [0.1, 0.15) is 11.6 Å². The van der Waals surface area contributed by atoms with Crippen molar-refractivity contribution >= 4 is 23.5 Å². The van der Waals surface area contributed by atoms with E-state index < -0.39 is 0 Å². The lowest BCUT2D eigenvalue weighted by molar-refractivity contribution is 0.208. The molecule has 0 unspecified atom stereocenters. The van der Waals surface area contributed by atoms with Crippen molar-refractivity contribution in [3.8, 4) is 5.75 Å². The Morgan fingerprint density at radius 1 is 0.966 bits per heavy atom. The Hall–Kier alpha value is -3.03. The molecule has 2 aromatic rings. The van der Waals surface area contributed by atoms with Crippen LogP contribution in [0, 0.1) is 0 Å². The molecule has 0 bridgehead atoms. The van der Waals surface area contributed by atoms with Gasteiger partial charge >= 0.3 is 6.03 Å². The van der Waals surface area contributed by atoms with Gasteiger partial charge in [0, 0.05) is 45.5 Å². The molecule has 1 aromatic carbocycles. The molecule has 0 radical (unpaired) electrons. The number of carbonyl (C=O) groups excluding carboxylic acids is 1. The average molecular weight is 396 g/mol. The van der Waals surface area contributed by atoms with Crippen LogP contribution in [0.3, 0.4) is 0 Å². The van der Waals surface area contributed by atoms with Crippen LogP contribution in [0.2, 0.25) is 0 Å². The summed E-state index contributed by atoms with van der Waals surface area (Å²) in [6, 6.07) is 9.29. The molecule has 3 heterocycles. The predicted octanol–water partition coefficient (Wildman–Crippen LogP) is 2.83. The Bertz CT molecular complexity index is 831. The van der Waals surface area contributed by atoms with Gasteiger partial charge in [-0.25, -0.2) is 9.78 Å². The molecule has 2 fully saturated rings. The molecule has 29 heavy (non-hydrogen) atoms. The number of piperidine rings is 1. The van der Waals surface area contributed by atoms with E-state index in [1.807, 2.05) is 41.4 Å². The molecular weight excluding hydrogens is 368 g/mol. The number of nitrogens with one attached hydrogen (secondary N) is 1. The molecule has 0 aliphatic carbocycles. The van der Waals surface area contributed by atoms with Gasteiger partial charge in [-0.1, -0.05) is 12.1 Å². The van der Waals surface area contributed by atoms with E-state index in [2.05, 4.69) is 20.1 Å². The number of hydrogen-bond acceptors (Lipinski definition) is 6. The number of benzene rings is 1. The van der Waals surface area contributed by atoms with Crippen molar-refractivity contribution in [2.75, 3.05) is 61.5 Å². The largest absolute Gasteiger partial charge is 0.495 e. The maximum atomic E-state index is 12.6. The minimum atomic E-state index is -0.106. The van der Waals surface area contributed by atoms with E-state index in [-0.39, 0.29) is 6.03 Å². The van der Waals surface area contributed by atoms with E-state index in [4.69, 9.17) is 9.72 Å². The SMILES string of the molecule is COc1ccccc1NC(=O)N1CCN(c2ccnc(N3CCCCC3)n2)CC1. The normalized spacial score (nSPS) is 17.2. The molecule has 2 saturated heterocycles. The second-order valence-electron chi connectivity index (χ2n) is 7.37. The molecule has 154 valence electrons. The fourth-order valence-corrected chi connectivity index (χ4v) is 3.84. The van der Waals surface area contributed by atoms with Crippen LogP contribution in [-0.2, 0) is 0 Å². The van der Waals surface area contributed by atoms with E-state index >= 15 is 0 Å². The van der Waals surface area contributed by atoms with Gasteiger partial charge in [-0.05, 0) is 37.5 Å². The number of ether oxygens (including phenoxy) is 1. The summed E-state index contributed by atoms with van der Waals surface area (Å²) in [5.74, 6) is 2.41. The number of para-hydroxylation sites is 2. The first-order valence-corrected chi connectivity index (χ1v) is 10.3. The number of anilines is 3. The summed E-state index contributed by atoms with van der Waals surface area (Å²) in [4.78, 5) is 28.2. The Kier molecular flexibility index (Phi) is 5.97. The van der Waals surface area contributed by atoms with Gasteiger partial charge in [0.2, 0.25) is 5.95 Å². The molecule has 4 rings (SSSR count). The minimum absolute atomic E-state index is 0.106. The Balaban J connectivity index is 1.35. The van der Waals surface area contributed by atoms with Crippen LogP contribution in [0.15, 0.2) is 36.5 Å². The van der Waals surface area contributed by atoms with Gasteiger partial charge in [-0.2, -0.15) is 4.98 Å². The summed E-state index contributed by atoms with van der Waals surface area (Å²) >= 11 is 0. The van der Waals surface area contributed by atoms with Crippen molar-refractivity contribution in [3.63, 3.8) is 0 Å². The second-order valence-corrected chi connectivity index (χ2v) is 7.37. The Labute approximate surface area is 171 Å². The van der Waals surface area contributed by atoms with Crippen molar-refractivity contribution in [1.82, 2.24) is 14.9 Å². The average Bonchev–Trinajstić information content (AvgIpc) is 2.80. The highest BCUT2D eigenvalue weighted by atomic mass is 16.5. The van der Waals surface area contributed by atoms with E-state index in [0.29, 0.717) is 24.5 Å². The lowest BCUT2D eigenvalue weighted by Gasteiger charge is -2.36. The lowest BCUT2D eigenvalue weighted by atomic mass is 10.1. The molecule has 8 nitrogen and oxygen atoms in total. The molecule has 0 spiro atoms. The molecule has 1 aromatic heterocycles. The monoisotopic (exact) mass is 396 g/mol. The molecule has 2 aliphatic heterocycles. The summed E-state index contributed by atoms with van der Waals surface area (Å²) in [7, 11) is 1.60. The zero-order valence-corrected chi connectivity index (χ0v) is 16.9. The summed E-state index contributed by atoms with van der Waals surface area (Å²) in [6.07, 6.45) is 5.53. The number of hydrogen-bond donors (Lipinski definition) is 1. The second kappa shape index (κ2) is 8.98. The summed E-state index contributed by atoms with van der Waals surface area (Å²) < 4.78 is 5.31. The van der Waals surface area contributed by atoms with Gasteiger partial charge < -0.3 is 24.8 Å². The number of nitrogens with zero attached hydrogens (tertiary/aromatic N) is 5. The van der Waals surface area contributed by atoms with Crippen molar-refractivity contribution in [1.29, 1.82) is 0 Å². The van der Waals surface area contributed by atoms with Crippen molar-refractivity contribution < 1.29 is 9.53 Å². The van der Waals surface area contributed by atoms with Crippen molar-refractivity contribution in [2.24, 2.45) is 0 Å². The highest BCUT2D eigenvalue weighted by Crippen LogP contribution is 2.24. The third-order valence-corrected chi connectivity index (χ3v) is 5.51. The highest BCUT2D eigenvalue weighted by Gasteiger charge is 2.23. The predicted molar refractivity (Wildman–Crippen MR) is 114 cm³/mol. The van der Waals surface area contributed by atoms with Gasteiger partial charge in [-0.15, -0.1) is 0 Å². The van der Waals surface area contributed by atoms with Gasteiger partial charge in [0.05, 0.1) is 12.8 Å². The number of urea groups is 1. The van der Waals surface area contributed by atoms with Crippen LogP contribution in [-0.4, -0.2) is 67.3 Å². The number of rotatable bonds is 4. The Morgan fingerprint density at radius 2 is 1.72 bits per heavy atom. The number of aromatic nitrogens is 2. The molecule has 0 saturated carbocycles. The number of piperazine rings is 1. The van der Waals surface area contributed by atoms with E-state index in [1.165, 1.54) is 19.3 Å². The van der Waals surface area contributed by atoms with Crippen LogP contribution in [0.25, 0.3) is 0 Å². The zero-order valence-electron chi connectivity index (χ0n) is 16.9. The van der Waals surface area contributed by atoms with Crippen molar-refractivity contribution in [2.45, 2.75) is 19.3 Å². The highest BCUT2D eigenvalue weighted by molar-refractivity contribution is 5.91. The topological polar surface area (TPSA) is 73.8 Å². The first-order valence-electron chi connectivity index (χ1n) is 10.3. The third-order valence-electron chi connectivity index (χ3n) is 5.51. The van der Waals surface area contributed by atoms with Crippen LogP contribution in [0.5, 0.6) is 5.75 Å². The van der Waals surface area contributed by atoms with Gasteiger partial charge in [-0.3, -0.25) is 0 Å². The Morgan fingerprint density at radius 3 is 2.48 bits per heavy atom. The van der Waals surface area contributed by atoms with Crippen LogP contribution in [0.1, 0.15) is 19.3 Å².